The molecular formula is C14H22F3NO2. The third kappa shape index (κ3) is 5.15. The lowest BCUT2D eigenvalue weighted by Crippen LogP contribution is -2.50. The van der Waals surface area contributed by atoms with Crippen LogP contribution in [0.2, 0.25) is 0 Å². The van der Waals surface area contributed by atoms with E-state index < -0.39 is 30.1 Å². The zero-order chi connectivity index (χ0) is 15.2. The van der Waals surface area contributed by atoms with E-state index in [1.807, 2.05) is 0 Å². The Kier molecular flexibility index (Phi) is 6.52. The van der Waals surface area contributed by atoms with Crippen molar-refractivity contribution >= 4 is 5.91 Å². The first-order valence-corrected chi connectivity index (χ1v) is 6.96. The van der Waals surface area contributed by atoms with Crippen LogP contribution in [0.4, 0.5) is 13.2 Å². The molecule has 1 N–H and O–H groups in total. The summed E-state index contributed by atoms with van der Waals surface area (Å²) in [5.74, 6) is -1.92. The van der Waals surface area contributed by atoms with Crippen molar-refractivity contribution in [3.63, 3.8) is 0 Å². The van der Waals surface area contributed by atoms with E-state index in [-0.39, 0.29) is 6.42 Å². The summed E-state index contributed by atoms with van der Waals surface area (Å²) in [7, 11) is 0. The van der Waals surface area contributed by atoms with E-state index in [1.165, 1.54) is 0 Å². The van der Waals surface area contributed by atoms with Gasteiger partial charge in [-0.3, -0.25) is 4.79 Å². The lowest BCUT2D eigenvalue weighted by atomic mass is 9.84. The first-order valence-electron chi connectivity index (χ1n) is 6.96. The Bertz CT molecular complexity index is 331. The number of ether oxygens (including phenoxy) is 1. The summed E-state index contributed by atoms with van der Waals surface area (Å²) >= 11 is 0. The van der Waals surface area contributed by atoms with Crippen molar-refractivity contribution in [2.24, 2.45) is 5.92 Å². The first-order chi connectivity index (χ1) is 9.36. The number of rotatable bonds is 6. The highest BCUT2D eigenvalue weighted by Gasteiger charge is 2.46. The van der Waals surface area contributed by atoms with Gasteiger partial charge >= 0.3 is 6.18 Å². The van der Waals surface area contributed by atoms with E-state index in [9.17, 15) is 18.0 Å². The van der Waals surface area contributed by atoms with Gasteiger partial charge in [-0.05, 0) is 26.2 Å². The molecule has 1 saturated carbocycles. The first kappa shape index (κ1) is 17.0. The lowest BCUT2D eigenvalue weighted by molar-refractivity contribution is -0.189. The number of hydrogen-bond donors (Lipinski definition) is 1. The average molecular weight is 293 g/mol. The van der Waals surface area contributed by atoms with E-state index in [0.717, 1.165) is 0 Å². The van der Waals surface area contributed by atoms with Crippen molar-refractivity contribution in [2.75, 3.05) is 6.61 Å². The predicted octanol–water partition coefficient (Wildman–Crippen LogP) is 3.20. The van der Waals surface area contributed by atoms with E-state index >= 15 is 0 Å². The van der Waals surface area contributed by atoms with Crippen LogP contribution >= 0.6 is 0 Å². The largest absolute Gasteiger partial charge is 0.393 e. The molecule has 3 nitrogen and oxygen atoms in total. The van der Waals surface area contributed by atoms with Crippen LogP contribution in [0, 0.1) is 5.92 Å². The smallest absolute Gasteiger partial charge is 0.368 e. The van der Waals surface area contributed by atoms with Crippen molar-refractivity contribution in [3.05, 3.63) is 12.7 Å². The normalized spacial score (nSPS) is 25.0. The average Bonchev–Trinajstić information content (AvgIpc) is 2.38. The number of carbonyl (C=O) groups is 1. The van der Waals surface area contributed by atoms with Crippen molar-refractivity contribution in [2.45, 2.75) is 57.3 Å². The molecule has 20 heavy (non-hydrogen) atoms. The summed E-state index contributed by atoms with van der Waals surface area (Å²) in [6.45, 7) is 5.41. The standard InChI is InChI=1S/C14H22F3NO2/c1-3-4-9-20-10(2)13(19)18-12-8-6-5-7-11(12)14(15,16)17/h3,10-12H,1,4-9H2,2H3,(H,18,19). The maximum Gasteiger partial charge on any atom is 0.393 e. The molecule has 1 aliphatic rings. The van der Waals surface area contributed by atoms with Crippen LogP contribution in [0.5, 0.6) is 0 Å². The third-order valence-corrected chi connectivity index (χ3v) is 3.57. The summed E-state index contributed by atoms with van der Waals surface area (Å²) in [6.07, 6.45) is -1.02. The van der Waals surface area contributed by atoms with Crippen LogP contribution in [0.25, 0.3) is 0 Å². The molecule has 0 aromatic rings. The molecule has 0 aromatic carbocycles. The van der Waals surface area contributed by atoms with E-state index in [1.54, 1.807) is 13.0 Å². The highest BCUT2D eigenvalue weighted by Crippen LogP contribution is 2.37. The molecule has 0 bridgehead atoms. The summed E-state index contributed by atoms with van der Waals surface area (Å²) in [5.41, 5.74) is 0. The second-order valence-electron chi connectivity index (χ2n) is 5.14. The molecule has 1 amide bonds. The topological polar surface area (TPSA) is 38.3 Å². The molecule has 116 valence electrons. The molecule has 1 rings (SSSR count). The molecule has 6 heteroatoms. The van der Waals surface area contributed by atoms with E-state index in [4.69, 9.17) is 4.74 Å². The number of carbonyl (C=O) groups excluding carboxylic acids is 1. The number of hydrogen-bond acceptors (Lipinski definition) is 2. The van der Waals surface area contributed by atoms with Gasteiger partial charge < -0.3 is 10.1 Å². The second kappa shape index (κ2) is 7.67. The van der Waals surface area contributed by atoms with Crippen molar-refractivity contribution < 1.29 is 22.7 Å². The minimum atomic E-state index is -4.26. The van der Waals surface area contributed by atoms with Gasteiger partial charge in [-0.15, -0.1) is 6.58 Å². The van der Waals surface area contributed by atoms with Gasteiger partial charge in [0, 0.05) is 6.04 Å². The molecular weight excluding hydrogens is 271 g/mol. The van der Waals surface area contributed by atoms with E-state index in [0.29, 0.717) is 32.3 Å². The van der Waals surface area contributed by atoms with Crippen LogP contribution in [-0.4, -0.2) is 30.8 Å². The van der Waals surface area contributed by atoms with E-state index in [2.05, 4.69) is 11.9 Å². The fourth-order valence-electron chi connectivity index (χ4n) is 2.40. The highest BCUT2D eigenvalue weighted by atomic mass is 19.4. The molecule has 0 aromatic heterocycles. The van der Waals surface area contributed by atoms with Crippen LogP contribution < -0.4 is 5.32 Å². The van der Waals surface area contributed by atoms with Crippen molar-refractivity contribution in [1.82, 2.24) is 5.32 Å². The molecule has 0 radical (unpaired) electrons. The molecule has 3 unspecified atom stereocenters. The van der Waals surface area contributed by atoms with Gasteiger partial charge in [-0.1, -0.05) is 18.9 Å². The molecule has 3 atom stereocenters. The molecule has 0 spiro atoms. The maximum absolute atomic E-state index is 12.9. The van der Waals surface area contributed by atoms with Gasteiger partial charge in [0.25, 0.3) is 0 Å². The van der Waals surface area contributed by atoms with Crippen LogP contribution in [-0.2, 0) is 9.53 Å². The Morgan fingerprint density at radius 3 is 2.70 bits per heavy atom. The zero-order valence-electron chi connectivity index (χ0n) is 11.7. The highest BCUT2D eigenvalue weighted by molar-refractivity contribution is 5.80. The quantitative estimate of drug-likeness (QED) is 0.603. The predicted molar refractivity (Wildman–Crippen MR) is 70.2 cm³/mol. The molecule has 1 aliphatic carbocycles. The Morgan fingerprint density at radius 2 is 2.10 bits per heavy atom. The van der Waals surface area contributed by atoms with Gasteiger partial charge in [0.15, 0.2) is 0 Å². The minimum Gasteiger partial charge on any atom is -0.368 e. The number of alkyl halides is 3. The van der Waals surface area contributed by atoms with Crippen LogP contribution in [0.15, 0.2) is 12.7 Å². The number of amides is 1. The number of nitrogens with one attached hydrogen (secondary N) is 1. The zero-order valence-corrected chi connectivity index (χ0v) is 11.7. The Balaban J connectivity index is 2.51. The summed E-state index contributed by atoms with van der Waals surface area (Å²) in [4.78, 5) is 11.8. The molecule has 0 aliphatic heterocycles. The van der Waals surface area contributed by atoms with Crippen molar-refractivity contribution in [3.8, 4) is 0 Å². The second-order valence-corrected chi connectivity index (χ2v) is 5.14. The summed E-state index contributed by atoms with van der Waals surface area (Å²) in [6, 6.07) is -0.832. The summed E-state index contributed by atoms with van der Waals surface area (Å²) < 4.78 is 43.9. The van der Waals surface area contributed by atoms with Gasteiger partial charge in [0.1, 0.15) is 6.10 Å². The SMILES string of the molecule is C=CCCOC(C)C(=O)NC1CCCCC1C(F)(F)F. The number of halogens is 3. The molecule has 0 heterocycles. The lowest BCUT2D eigenvalue weighted by Gasteiger charge is -2.34. The molecule has 1 fully saturated rings. The fraction of sp³-hybridized carbons (Fsp3) is 0.786. The minimum absolute atomic E-state index is 0.0835. The molecule has 0 saturated heterocycles. The Labute approximate surface area is 117 Å². The van der Waals surface area contributed by atoms with Crippen molar-refractivity contribution in [1.29, 1.82) is 0 Å². The summed E-state index contributed by atoms with van der Waals surface area (Å²) in [5, 5.41) is 2.49. The monoisotopic (exact) mass is 293 g/mol. The van der Waals surface area contributed by atoms with Gasteiger partial charge in [-0.2, -0.15) is 13.2 Å². The van der Waals surface area contributed by atoms with Gasteiger partial charge in [0.05, 0.1) is 12.5 Å². The third-order valence-electron chi connectivity index (χ3n) is 3.57. The van der Waals surface area contributed by atoms with Gasteiger partial charge in [-0.25, -0.2) is 0 Å². The van der Waals surface area contributed by atoms with Gasteiger partial charge in [0.2, 0.25) is 5.91 Å². The Morgan fingerprint density at radius 1 is 1.45 bits per heavy atom. The van der Waals surface area contributed by atoms with Crippen LogP contribution in [0.1, 0.15) is 39.0 Å². The van der Waals surface area contributed by atoms with Crippen LogP contribution in [0.3, 0.4) is 0 Å². The Hall–Kier alpha value is -1.04. The fourth-order valence-corrected chi connectivity index (χ4v) is 2.40. The maximum atomic E-state index is 12.9.